The van der Waals surface area contributed by atoms with E-state index in [4.69, 9.17) is 37.4 Å². The minimum atomic E-state index is -1.95. The lowest BCUT2D eigenvalue weighted by molar-refractivity contribution is -0.991. The molecule has 1 amide bonds. The molecular formula is C25H22Cl2N2O8. The molecule has 0 fully saturated rings. The van der Waals surface area contributed by atoms with Gasteiger partial charge in [-0.3, -0.25) is 14.4 Å². The summed E-state index contributed by atoms with van der Waals surface area (Å²) in [6, 6.07) is 5.77. The highest BCUT2D eigenvalue weighted by Crippen LogP contribution is 2.55. The van der Waals surface area contributed by atoms with Gasteiger partial charge in [0.1, 0.15) is 27.1 Å². The largest absolute Gasteiger partial charge is 0.595 e. The van der Waals surface area contributed by atoms with Crippen molar-refractivity contribution >= 4 is 46.4 Å². The van der Waals surface area contributed by atoms with Gasteiger partial charge in [-0.15, -0.1) is 0 Å². The number of methoxy groups -OCH3 is 2. The molecule has 0 aromatic heterocycles. The van der Waals surface area contributed by atoms with Crippen molar-refractivity contribution in [1.82, 2.24) is 5.32 Å². The lowest BCUT2D eigenvalue weighted by atomic mass is 9.66. The first kappa shape index (κ1) is 25.5. The third-order valence-corrected chi connectivity index (χ3v) is 7.87. The van der Waals surface area contributed by atoms with E-state index in [1.54, 1.807) is 13.0 Å². The number of ketones is 2. The molecular weight excluding hydrogens is 527 g/mol. The van der Waals surface area contributed by atoms with E-state index in [1.165, 1.54) is 32.4 Å². The van der Waals surface area contributed by atoms with Crippen molar-refractivity contribution < 1.29 is 39.0 Å². The SMILES string of the molecule is COc1cc(OC)c2c(c1Cl)OC1(C(=O)C3=C(CC1C)NC(=O)CC3c1ccc(Cl)c([NH+]([O-])O)c1)C2=O. The number of carbonyl (C=O) groups excluding carboxylic acids is 3. The van der Waals surface area contributed by atoms with Crippen LogP contribution in [-0.2, 0) is 9.59 Å². The number of amides is 1. The Balaban J connectivity index is 1.66. The number of nitrogens with one attached hydrogen (secondary N) is 2. The second-order valence-electron chi connectivity index (χ2n) is 9.14. The molecule has 5 rings (SSSR count). The van der Waals surface area contributed by atoms with Gasteiger partial charge in [0, 0.05) is 41.7 Å². The Hall–Kier alpha value is -3.15. The van der Waals surface area contributed by atoms with E-state index < -0.39 is 34.2 Å². The van der Waals surface area contributed by atoms with Gasteiger partial charge in [-0.05, 0) is 18.1 Å². The van der Waals surface area contributed by atoms with Gasteiger partial charge in [0.25, 0.3) is 0 Å². The molecule has 0 saturated heterocycles. The summed E-state index contributed by atoms with van der Waals surface area (Å²) >= 11 is 12.5. The molecule has 3 aliphatic rings. The average molecular weight is 549 g/mol. The van der Waals surface area contributed by atoms with Gasteiger partial charge in [0.15, 0.2) is 11.4 Å². The molecule has 0 bridgehead atoms. The summed E-state index contributed by atoms with van der Waals surface area (Å²) in [7, 11) is 2.78. The zero-order chi connectivity index (χ0) is 26.8. The Morgan fingerprint density at radius 3 is 2.46 bits per heavy atom. The Bertz CT molecular complexity index is 1410. The molecule has 2 aromatic carbocycles. The smallest absolute Gasteiger partial charge is 0.236 e. The fourth-order valence-corrected chi connectivity index (χ4v) is 5.86. The minimum absolute atomic E-state index is 0.0110. The summed E-state index contributed by atoms with van der Waals surface area (Å²) in [5.74, 6) is -2.71. The van der Waals surface area contributed by atoms with Crippen molar-refractivity contribution in [3.05, 3.63) is 61.9 Å². The van der Waals surface area contributed by atoms with E-state index in [2.05, 4.69) is 5.32 Å². The molecule has 12 heteroatoms. The molecule has 2 aliphatic heterocycles. The second-order valence-corrected chi connectivity index (χ2v) is 9.93. The fraction of sp³-hybridized carbons (Fsp3) is 0.320. The van der Waals surface area contributed by atoms with Crippen molar-refractivity contribution in [3.63, 3.8) is 0 Å². The van der Waals surface area contributed by atoms with Crippen LogP contribution in [0, 0.1) is 11.1 Å². The summed E-state index contributed by atoms with van der Waals surface area (Å²) in [6.07, 6.45) is 0.0221. The van der Waals surface area contributed by atoms with Crippen molar-refractivity contribution in [2.45, 2.75) is 31.3 Å². The summed E-state index contributed by atoms with van der Waals surface area (Å²) in [5, 5.41) is 22.8. The molecule has 0 saturated carbocycles. The topological polar surface area (TPSA) is 139 Å². The van der Waals surface area contributed by atoms with E-state index >= 15 is 0 Å². The third kappa shape index (κ3) is 3.63. The van der Waals surface area contributed by atoms with Gasteiger partial charge in [-0.2, -0.15) is 5.23 Å². The minimum Gasteiger partial charge on any atom is -0.595 e. The highest BCUT2D eigenvalue weighted by atomic mass is 35.5. The average Bonchev–Trinajstić information content (AvgIpc) is 3.17. The maximum atomic E-state index is 14.3. The van der Waals surface area contributed by atoms with Crippen LogP contribution >= 0.6 is 23.2 Å². The molecule has 3 N–H and O–H groups in total. The first-order valence-electron chi connectivity index (χ1n) is 11.3. The zero-order valence-electron chi connectivity index (χ0n) is 19.9. The van der Waals surface area contributed by atoms with Crippen LogP contribution < -0.4 is 24.8 Å². The van der Waals surface area contributed by atoms with Gasteiger partial charge >= 0.3 is 0 Å². The number of rotatable bonds is 4. The Labute approximate surface area is 221 Å². The number of Topliss-reactive ketones (excluding diaryl/α,β-unsaturated/α-hetero) is 2. The number of halogens is 2. The van der Waals surface area contributed by atoms with E-state index in [-0.39, 0.29) is 62.9 Å². The summed E-state index contributed by atoms with van der Waals surface area (Å²) in [4.78, 5) is 40.9. The molecule has 1 spiro atoms. The standard InChI is InChI=1S/C25H22Cl2N2O8/c1-10-6-14-19(12(8-18(30)28-14)11-4-5-13(26)15(7-11)29(33)34)23(31)25(10)24(32)20-16(35-2)9-17(36-3)21(27)22(20)37-25/h4-5,7,9-10,12,29,33H,6,8H2,1-3H3,(H,28,30). The molecule has 194 valence electrons. The van der Waals surface area contributed by atoms with Crippen molar-refractivity contribution in [3.8, 4) is 17.2 Å². The van der Waals surface area contributed by atoms with E-state index in [1.807, 2.05) is 0 Å². The highest BCUT2D eigenvalue weighted by molar-refractivity contribution is 6.36. The number of hydrogen-bond acceptors (Lipinski definition) is 8. The summed E-state index contributed by atoms with van der Waals surface area (Å²) in [5.41, 5.74) is -1.12. The van der Waals surface area contributed by atoms with Crippen molar-refractivity contribution in [1.29, 1.82) is 0 Å². The van der Waals surface area contributed by atoms with Gasteiger partial charge in [-0.25, -0.2) is 5.21 Å². The number of quaternary nitrogens is 1. The van der Waals surface area contributed by atoms with Crippen LogP contribution in [0.25, 0.3) is 0 Å². The monoisotopic (exact) mass is 548 g/mol. The third-order valence-electron chi connectivity index (χ3n) is 7.18. The number of benzene rings is 2. The van der Waals surface area contributed by atoms with Crippen molar-refractivity contribution in [2.24, 2.45) is 5.92 Å². The Morgan fingerprint density at radius 1 is 1.11 bits per heavy atom. The molecule has 37 heavy (non-hydrogen) atoms. The second kappa shape index (κ2) is 9.00. The highest BCUT2D eigenvalue weighted by Gasteiger charge is 2.63. The summed E-state index contributed by atoms with van der Waals surface area (Å²) < 4.78 is 16.9. The molecule has 2 heterocycles. The lowest BCUT2D eigenvalue weighted by Crippen LogP contribution is -2.99. The lowest BCUT2D eigenvalue weighted by Gasteiger charge is -2.41. The number of hydrogen-bond donors (Lipinski definition) is 3. The predicted octanol–water partition coefficient (Wildman–Crippen LogP) is 2.89. The maximum Gasteiger partial charge on any atom is 0.236 e. The maximum absolute atomic E-state index is 14.3. The number of allylic oxidation sites excluding steroid dienone is 1. The van der Waals surface area contributed by atoms with Crippen molar-refractivity contribution in [2.75, 3.05) is 14.2 Å². The van der Waals surface area contributed by atoms with Crippen LogP contribution in [0.3, 0.4) is 0 Å². The normalized spacial score (nSPS) is 25.4. The molecule has 4 unspecified atom stereocenters. The molecule has 10 nitrogen and oxygen atoms in total. The van der Waals surface area contributed by atoms with Crippen LogP contribution in [0.1, 0.15) is 41.6 Å². The van der Waals surface area contributed by atoms with Crippen LogP contribution in [-0.4, -0.2) is 42.5 Å². The van der Waals surface area contributed by atoms with E-state index in [9.17, 15) is 24.8 Å². The fourth-order valence-electron chi connectivity index (χ4n) is 5.40. The van der Waals surface area contributed by atoms with Crippen LogP contribution in [0.2, 0.25) is 10.0 Å². The van der Waals surface area contributed by atoms with Gasteiger partial charge in [0.2, 0.25) is 23.1 Å². The molecule has 2 aromatic rings. The summed E-state index contributed by atoms with van der Waals surface area (Å²) in [6.45, 7) is 1.68. The molecule has 1 aliphatic carbocycles. The van der Waals surface area contributed by atoms with E-state index in [0.29, 0.717) is 11.3 Å². The molecule has 4 atom stereocenters. The van der Waals surface area contributed by atoms with Gasteiger partial charge < -0.3 is 24.7 Å². The first-order valence-corrected chi connectivity index (χ1v) is 12.1. The van der Waals surface area contributed by atoms with Crippen LogP contribution in [0.4, 0.5) is 5.69 Å². The number of ether oxygens (including phenoxy) is 3. The first-order chi connectivity index (χ1) is 17.5. The van der Waals surface area contributed by atoms with Crippen LogP contribution in [0.15, 0.2) is 35.5 Å². The predicted molar refractivity (Wildman–Crippen MR) is 131 cm³/mol. The Kier molecular flexibility index (Phi) is 6.20. The number of fused-ring (bicyclic) bond motifs is 1. The van der Waals surface area contributed by atoms with Crippen LogP contribution in [0.5, 0.6) is 17.2 Å². The number of carbonyl (C=O) groups is 3. The zero-order valence-corrected chi connectivity index (χ0v) is 21.5. The quantitative estimate of drug-likeness (QED) is 0.391. The molecule has 0 radical (unpaired) electrons. The van der Waals surface area contributed by atoms with E-state index in [0.717, 1.165) is 0 Å². The van der Waals surface area contributed by atoms with Gasteiger partial charge in [-0.1, -0.05) is 36.2 Å². The van der Waals surface area contributed by atoms with Gasteiger partial charge in [0.05, 0.1) is 14.2 Å². The Morgan fingerprint density at radius 2 is 1.81 bits per heavy atom.